The van der Waals surface area contributed by atoms with E-state index in [9.17, 15) is 4.79 Å². The number of nitrogens with two attached hydrogens (primary N) is 1. The van der Waals surface area contributed by atoms with Crippen molar-refractivity contribution >= 4 is 18.3 Å². The van der Waals surface area contributed by atoms with E-state index in [4.69, 9.17) is 10.5 Å². The number of carbonyl (C=O) groups is 1. The highest BCUT2D eigenvalue weighted by Gasteiger charge is 2.26. The first-order valence-electron chi connectivity index (χ1n) is 8.79. The van der Waals surface area contributed by atoms with Gasteiger partial charge in [0.05, 0.1) is 17.4 Å². The first kappa shape index (κ1) is 20.4. The quantitative estimate of drug-likeness (QED) is 0.836. The lowest BCUT2D eigenvalue weighted by atomic mass is 9.92. The van der Waals surface area contributed by atoms with Crippen molar-refractivity contribution in [1.82, 2.24) is 15.1 Å². The normalized spacial score (nSPS) is 16.0. The Balaban J connectivity index is 0.00000243. The van der Waals surface area contributed by atoms with Gasteiger partial charge < -0.3 is 15.8 Å². The van der Waals surface area contributed by atoms with Crippen LogP contribution in [0.2, 0.25) is 0 Å². The molecule has 3 rings (SSSR count). The van der Waals surface area contributed by atoms with E-state index in [1.807, 2.05) is 48.9 Å². The molecule has 1 aromatic carbocycles. The maximum atomic E-state index is 12.4. The van der Waals surface area contributed by atoms with Crippen molar-refractivity contribution in [3.05, 3.63) is 47.3 Å². The van der Waals surface area contributed by atoms with Crippen LogP contribution in [0, 0.1) is 19.8 Å². The lowest BCUT2D eigenvalue weighted by Gasteiger charge is -2.26. The van der Waals surface area contributed by atoms with Crippen molar-refractivity contribution in [3.63, 3.8) is 0 Å². The first-order valence-corrected chi connectivity index (χ1v) is 8.79. The number of para-hydroxylation sites is 1. The molecule has 0 bridgehead atoms. The monoisotopic (exact) mass is 378 g/mol. The van der Waals surface area contributed by atoms with Gasteiger partial charge in [0.15, 0.2) is 0 Å². The molecule has 1 aliphatic rings. The summed E-state index contributed by atoms with van der Waals surface area (Å²) in [5.74, 6) is 0.0927. The maximum Gasteiger partial charge on any atom is 0.237 e. The van der Waals surface area contributed by atoms with Crippen LogP contribution in [0.4, 0.5) is 0 Å². The van der Waals surface area contributed by atoms with Crippen molar-refractivity contribution in [2.45, 2.75) is 39.3 Å². The maximum absolute atomic E-state index is 12.4. The van der Waals surface area contributed by atoms with Crippen LogP contribution < -0.4 is 11.1 Å². The third kappa shape index (κ3) is 4.63. The van der Waals surface area contributed by atoms with Gasteiger partial charge in [0, 0.05) is 25.5 Å². The van der Waals surface area contributed by atoms with E-state index in [0.29, 0.717) is 19.8 Å². The minimum absolute atomic E-state index is 0. The highest BCUT2D eigenvalue weighted by atomic mass is 35.5. The summed E-state index contributed by atoms with van der Waals surface area (Å²) in [5.41, 5.74) is 10.2. The van der Waals surface area contributed by atoms with E-state index in [1.165, 1.54) is 0 Å². The highest BCUT2D eigenvalue weighted by molar-refractivity contribution is 5.85. The number of aromatic nitrogens is 2. The summed E-state index contributed by atoms with van der Waals surface area (Å²) in [6.07, 6.45) is 1.69. The Morgan fingerprint density at radius 2 is 2.04 bits per heavy atom. The smallest absolute Gasteiger partial charge is 0.237 e. The average Bonchev–Trinajstić information content (AvgIpc) is 2.98. The predicted molar refractivity (Wildman–Crippen MR) is 104 cm³/mol. The fourth-order valence-electron chi connectivity index (χ4n) is 3.33. The molecule has 3 N–H and O–H groups in total. The molecule has 1 unspecified atom stereocenters. The number of benzene rings is 1. The van der Waals surface area contributed by atoms with Gasteiger partial charge in [-0.05, 0) is 50.3 Å². The van der Waals surface area contributed by atoms with E-state index < -0.39 is 6.04 Å². The number of carbonyl (C=O) groups excluding carboxylic acids is 1. The predicted octanol–water partition coefficient (Wildman–Crippen LogP) is 2.28. The van der Waals surface area contributed by atoms with Crippen LogP contribution in [0.5, 0.6) is 0 Å². The molecule has 1 aliphatic heterocycles. The Morgan fingerprint density at radius 1 is 1.35 bits per heavy atom. The summed E-state index contributed by atoms with van der Waals surface area (Å²) >= 11 is 0. The summed E-state index contributed by atoms with van der Waals surface area (Å²) in [5, 5.41) is 7.53. The van der Waals surface area contributed by atoms with Crippen LogP contribution in [0.3, 0.4) is 0 Å². The summed E-state index contributed by atoms with van der Waals surface area (Å²) < 4.78 is 7.25. The van der Waals surface area contributed by atoms with Gasteiger partial charge in [-0.3, -0.25) is 4.79 Å². The number of hydrogen-bond donors (Lipinski definition) is 2. The molecule has 0 radical (unpaired) electrons. The Bertz CT molecular complexity index is 741. The topological polar surface area (TPSA) is 82.2 Å². The number of nitrogens with zero attached hydrogens (tertiary/aromatic N) is 2. The van der Waals surface area contributed by atoms with Gasteiger partial charge in [0.25, 0.3) is 0 Å². The van der Waals surface area contributed by atoms with Crippen LogP contribution >= 0.6 is 12.4 Å². The fraction of sp³-hybridized carbons (Fsp3) is 0.474. The molecule has 26 heavy (non-hydrogen) atoms. The molecular weight excluding hydrogens is 352 g/mol. The van der Waals surface area contributed by atoms with Crippen molar-refractivity contribution in [3.8, 4) is 5.69 Å². The molecule has 142 valence electrons. The molecule has 0 saturated carbocycles. The number of hydrogen-bond acceptors (Lipinski definition) is 4. The Hall–Kier alpha value is -1.89. The van der Waals surface area contributed by atoms with Crippen LogP contribution in [0.15, 0.2) is 30.3 Å². The molecule has 2 heterocycles. The molecule has 6 nitrogen and oxygen atoms in total. The van der Waals surface area contributed by atoms with Gasteiger partial charge in [0.2, 0.25) is 5.91 Å². The largest absolute Gasteiger partial charge is 0.381 e. The van der Waals surface area contributed by atoms with Gasteiger partial charge in [-0.1, -0.05) is 18.2 Å². The minimum Gasteiger partial charge on any atom is -0.381 e. The van der Waals surface area contributed by atoms with E-state index in [0.717, 1.165) is 35.5 Å². The van der Waals surface area contributed by atoms with E-state index in [2.05, 4.69) is 10.4 Å². The van der Waals surface area contributed by atoms with Gasteiger partial charge in [-0.2, -0.15) is 5.10 Å². The number of nitrogens with one attached hydrogen (secondary N) is 1. The van der Waals surface area contributed by atoms with Crippen molar-refractivity contribution in [2.75, 3.05) is 13.2 Å². The van der Waals surface area contributed by atoms with Gasteiger partial charge in [-0.15, -0.1) is 12.4 Å². The second-order valence-electron chi connectivity index (χ2n) is 6.66. The third-order valence-electron chi connectivity index (χ3n) is 4.76. The molecular formula is C19H27ClN4O2. The van der Waals surface area contributed by atoms with Crippen LogP contribution in [-0.2, 0) is 16.1 Å². The Labute approximate surface area is 160 Å². The minimum atomic E-state index is -0.482. The third-order valence-corrected chi connectivity index (χ3v) is 4.76. The zero-order valence-corrected chi connectivity index (χ0v) is 16.1. The van der Waals surface area contributed by atoms with E-state index in [1.54, 1.807) is 0 Å². The molecule has 2 aromatic rings. The summed E-state index contributed by atoms with van der Waals surface area (Å²) in [6, 6.07) is 9.52. The van der Waals surface area contributed by atoms with Crippen molar-refractivity contribution in [2.24, 2.45) is 11.7 Å². The zero-order chi connectivity index (χ0) is 17.8. The lowest BCUT2D eigenvalue weighted by molar-refractivity contribution is -0.124. The SMILES string of the molecule is Cc1cc(C)n(-c2ccccc2CNC(=O)C(N)C2CCOCC2)n1.Cl. The molecule has 1 saturated heterocycles. The first-order chi connectivity index (χ1) is 12.1. The van der Waals surface area contributed by atoms with Crippen LogP contribution in [-0.4, -0.2) is 34.9 Å². The van der Waals surface area contributed by atoms with Gasteiger partial charge >= 0.3 is 0 Å². The standard InChI is InChI=1S/C19H26N4O2.ClH/c1-13-11-14(2)23(22-13)17-6-4-3-5-16(17)12-21-19(24)18(20)15-7-9-25-10-8-15;/h3-6,11,15,18H,7-10,12,20H2,1-2H3,(H,21,24);1H. The molecule has 1 amide bonds. The Morgan fingerprint density at radius 3 is 2.69 bits per heavy atom. The molecule has 7 heteroatoms. The molecule has 1 atom stereocenters. The summed E-state index contributed by atoms with van der Waals surface area (Å²) in [4.78, 5) is 12.4. The second-order valence-corrected chi connectivity index (χ2v) is 6.66. The van der Waals surface area contributed by atoms with E-state index in [-0.39, 0.29) is 24.2 Å². The highest BCUT2D eigenvalue weighted by Crippen LogP contribution is 2.19. The zero-order valence-electron chi connectivity index (χ0n) is 15.3. The fourth-order valence-corrected chi connectivity index (χ4v) is 3.33. The van der Waals surface area contributed by atoms with Gasteiger partial charge in [-0.25, -0.2) is 4.68 Å². The second kappa shape index (κ2) is 9.16. The van der Waals surface area contributed by atoms with Crippen molar-refractivity contribution < 1.29 is 9.53 Å². The van der Waals surface area contributed by atoms with Crippen LogP contribution in [0.25, 0.3) is 5.69 Å². The molecule has 0 spiro atoms. The van der Waals surface area contributed by atoms with Gasteiger partial charge in [0.1, 0.15) is 0 Å². The summed E-state index contributed by atoms with van der Waals surface area (Å²) in [7, 11) is 0. The number of amides is 1. The number of halogens is 1. The van der Waals surface area contributed by atoms with Crippen molar-refractivity contribution in [1.29, 1.82) is 0 Å². The summed E-state index contributed by atoms with van der Waals surface area (Å²) in [6.45, 7) is 5.81. The molecule has 0 aliphatic carbocycles. The lowest BCUT2D eigenvalue weighted by Crippen LogP contribution is -2.46. The molecule has 1 fully saturated rings. The number of aryl methyl sites for hydroxylation is 2. The number of ether oxygens (including phenoxy) is 1. The Kier molecular flexibility index (Phi) is 7.20. The van der Waals surface area contributed by atoms with E-state index >= 15 is 0 Å². The number of rotatable bonds is 5. The van der Waals surface area contributed by atoms with Crippen LogP contribution in [0.1, 0.15) is 29.8 Å². The average molecular weight is 379 g/mol. The molecule has 1 aromatic heterocycles.